The lowest BCUT2D eigenvalue weighted by atomic mass is 10.1. The standard InChI is InChI=1S/C21H21N7O2/c1-13-11-14(2)27(25-13)20-8-7-18-23-24-19(28(18)26-20)9-10-21(30)22-17-6-4-5-16(12-17)15(3)29/h4-8,11-12H,9-10H2,1-3H3,(H,22,30). The minimum Gasteiger partial charge on any atom is -0.326 e. The SMILES string of the molecule is CC(=O)c1cccc(NC(=O)CCc2nnc3ccc(-n4nc(C)cc4C)nn23)c1. The van der Waals surface area contributed by atoms with Crippen LogP contribution in [0, 0.1) is 13.8 Å². The Kier molecular flexibility index (Phi) is 5.09. The van der Waals surface area contributed by atoms with Crippen LogP contribution in [0.2, 0.25) is 0 Å². The molecular formula is C21H21N7O2. The molecule has 0 fully saturated rings. The zero-order valence-corrected chi connectivity index (χ0v) is 17.0. The molecule has 9 nitrogen and oxygen atoms in total. The number of amides is 1. The van der Waals surface area contributed by atoms with E-state index < -0.39 is 0 Å². The second-order valence-electron chi connectivity index (χ2n) is 7.10. The fourth-order valence-corrected chi connectivity index (χ4v) is 3.22. The van der Waals surface area contributed by atoms with Crippen molar-refractivity contribution in [3.8, 4) is 5.82 Å². The van der Waals surface area contributed by atoms with Gasteiger partial charge in [-0.05, 0) is 51.1 Å². The molecule has 0 bridgehead atoms. The van der Waals surface area contributed by atoms with Gasteiger partial charge in [-0.3, -0.25) is 9.59 Å². The molecule has 1 aromatic carbocycles. The molecule has 0 saturated heterocycles. The molecule has 3 aromatic heterocycles. The number of rotatable bonds is 6. The quantitative estimate of drug-likeness (QED) is 0.496. The van der Waals surface area contributed by atoms with Crippen molar-refractivity contribution < 1.29 is 9.59 Å². The summed E-state index contributed by atoms with van der Waals surface area (Å²) in [7, 11) is 0. The van der Waals surface area contributed by atoms with Gasteiger partial charge < -0.3 is 5.32 Å². The molecule has 152 valence electrons. The number of benzene rings is 1. The average Bonchev–Trinajstić information content (AvgIpc) is 3.28. The Morgan fingerprint density at radius 2 is 1.87 bits per heavy atom. The Balaban J connectivity index is 1.49. The summed E-state index contributed by atoms with van der Waals surface area (Å²) in [5.74, 6) is 1.01. The number of nitrogens with one attached hydrogen (secondary N) is 1. The van der Waals surface area contributed by atoms with E-state index in [0.29, 0.717) is 35.0 Å². The van der Waals surface area contributed by atoms with Gasteiger partial charge in [0.1, 0.15) is 0 Å². The van der Waals surface area contributed by atoms with Crippen molar-refractivity contribution in [2.24, 2.45) is 0 Å². The number of ketones is 1. The molecule has 9 heteroatoms. The Morgan fingerprint density at radius 3 is 2.60 bits per heavy atom. The van der Waals surface area contributed by atoms with Crippen LogP contribution in [0.4, 0.5) is 5.69 Å². The van der Waals surface area contributed by atoms with Crippen LogP contribution in [0.15, 0.2) is 42.5 Å². The van der Waals surface area contributed by atoms with E-state index in [0.717, 1.165) is 11.4 Å². The van der Waals surface area contributed by atoms with Crippen molar-refractivity contribution >= 4 is 23.0 Å². The highest BCUT2D eigenvalue weighted by Gasteiger charge is 2.13. The number of anilines is 1. The summed E-state index contributed by atoms with van der Waals surface area (Å²) in [5, 5.41) is 20.2. The maximum Gasteiger partial charge on any atom is 0.224 e. The maximum atomic E-state index is 12.4. The Morgan fingerprint density at radius 1 is 1.03 bits per heavy atom. The zero-order valence-electron chi connectivity index (χ0n) is 17.0. The Bertz CT molecular complexity index is 1260. The summed E-state index contributed by atoms with van der Waals surface area (Å²) in [6.07, 6.45) is 0.573. The summed E-state index contributed by atoms with van der Waals surface area (Å²) in [5.41, 5.74) is 3.62. The summed E-state index contributed by atoms with van der Waals surface area (Å²) < 4.78 is 3.39. The molecule has 30 heavy (non-hydrogen) atoms. The van der Waals surface area contributed by atoms with Crippen LogP contribution in [-0.2, 0) is 11.2 Å². The van der Waals surface area contributed by atoms with Gasteiger partial charge in [0, 0.05) is 29.8 Å². The van der Waals surface area contributed by atoms with Crippen LogP contribution in [0.5, 0.6) is 0 Å². The summed E-state index contributed by atoms with van der Waals surface area (Å²) in [6.45, 7) is 5.38. The average molecular weight is 403 g/mol. The van der Waals surface area contributed by atoms with Crippen LogP contribution < -0.4 is 5.32 Å². The minimum atomic E-state index is -0.179. The van der Waals surface area contributed by atoms with E-state index >= 15 is 0 Å². The lowest BCUT2D eigenvalue weighted by Gasteiger charge is -2.07. The third kappa shape index (κ3) is 3.95. The monoisotopic (exact) mass is 403 g/mol. The number of aromatic nitrogens is 6. The van der Waals surface area contributed by atoms with Crippen molar-refractivity contribution in [3.05, 3.63) is 65.2 Å². The molecule has 4 aromatic rings. The van der Waals surface area contributed by atoms with Crippen LogP contribution in [0.25, 0.3) is 11.5 Å². The van der Waals surface area contributed by atoms with Gasteiger partial charge in [0.25, 0.3) is 0 Å². The second-order valence-corrected chi connectivity index (χ2v) is 7.10. The summed E-state index contributed by atoms with van der Waals surface area (Å²) in [4.78, 5) is 23.9. The number of carbonyl (C=O) groups is 2. The van der Waals surface area contributed by atoms with E-state index in [-0.39, 0.29) is 18.1 Å². The molecule has 0 unspecified atom stereocenters. The van der Waals surface area contributed by atoms with Crippen molar-refractivity contribution in [1.29, 1.82) is 0 Å². The summed E-state index contributed by atoms with van der Waals surface area (Å²) >= 11 is 0. The predicted octanol–water partition coefficient (Wildman–Crippen LogP) is 2.70. The lowest BCUT2D eigenvalue weighted by Crippen LogP contribution is -2.14. The number of hydrogen-bond acceptors (Lipinski definition) is 6. The van der Waals surface area contributed by atoms with Crippen molar-refractivity contribution in [2.75, 3.05) is 5.32 Å². The molecule has 0 aliphatic rings. The highest BCUT2D eigenvalue weighted by Crippen LogP contribution is 2.14. The molecule has 0 aliphatic heterocycles. The van der Waals surface area contributed by atoms with Gasteiger partial charge >= 0.3 is 0 Å². The number of Topliss-reactive ketones (excluding diaryl/α,β-unsaturated/α-hetero) is 1. The van der Waals surface area contributed by atoms with E-state index in [9.17, 15) is 9.59 Å². The predicted molar refractivity (Wildman–Crippen MR) is 111 cm³/mol. The molecular weight excluding hydrogens is 382 g/mol. The Labute approximate surface area is 172 Å². The molecule has 0 aliphatic carbocycles. The van der Waals surface area contributed by atoms with E-state index in [1.807, 2.05) is 32.0 Å². The van der Waals surface area contributed by atoms with Crippen LogP contribution in [0.3, 0.4) is 0 Å². The third-order valence-corrected chi connectivity index (χ3v) is 4.67. The van der Waals surface area contributed by atoms with Gasteiger partial charge in [-0.2, -0.15) is 9.61 Å². The van der Waals surface area contributed by atoms with Gasteiger partial charge in [0.15, 0.2) is 23.1 Å². The topological polar surface area (TPSA) is 107 Å². The maximum absolute atomic E-state index is 12.4. The molecule has 1 N–H and O–H groups in total. The number of carbonyl (C=O) groups excluding carboxylic acids is 2. The molecule has 0 atom stereocenters. The third-order valence-electron chi connectivity index (χ3n) is 4.67. The van der Waals surface area contributed by atoms with Crippen molar-refractivity contribution in [2.45, 2.75) is 33.6 Å². The fourth-order valence-electron chi connectivity index (χ4n) is 3.22. The zero-order chi connectivity index (χ0) is 21.3. The first kappa shape index (κ1) is 19.4. The number of hydrogen-bond donors (Lipinski definition) is 1. The lowest BCUT2D eigenvalue weighted by molar-refractivity contribution is -0.116. The molecule has 3 heterocycles. The molecule has 0 saturated carbocycles. The molecule has 4 rings (SSSR count). The number of aryl methyl sites for hydroxylation is 3. The first-order valence-corrected chi connectivity index (χ1v) is 9.56. The fraction of sp³-hybridized carbons (Fsp3) is 0.238. The second kappa shape index (κ2) is 7.86. The van der Waals surface area contributed by atoms with Gasteiger partial charge in [0.05, 0.1) is 5.69 Å². The molecule has 0 radical (unpaired) electrons. The van der Waals surface area contributed by atoms with E-state index in [1.54, 1.807) is 33.5 Å². The highest BCUT2D eigenvalue weighted by molar-refractivity contribution is 5.97. The Hall–Kier alpha value is -3.88. The van der Waals surface area contributed by atoms with Gasteiger partial charge in [-0.25, -0.2) is 4.68 Å². The number of nitrogens with zero attached hydrogens (tertiary/aromatic N) is 6. The van der Waals surface area contributed by atoms with Gasteiger partial charge in [-0.15, -0.1) is 15.3 Å². The first-order chi connectivity index (χ1) is 14.4. The van der Waals surface area contributed by atoms with Crippen molar-refractivity contribution in [3.63, 3.8) is 0 Å². The highest BCUT2D eigenvalue weighted by atomic mass is 16.1. The van der Waals surface area contributed by atoms with Crippen LogP contribution in [-0.4, -0.2) is 41.3 Å². The van der Waals surface area contributed by atoms with Gasteiger partial charge in [0.2, 0.25) is 5.91 Å². The van der Waals surface area contributed by atoms with Crippen molar-refractivity contribution in [1.82, 2.24) is 29.6 Å². The smallest absolute Gasteiger partial charge is 0.224 e. The first-order valence-electron chi connectivity index (χ1n) is 9.56. The van der Waals surface area contributed by atoms with E-state index in [4.69, 9.17) is 0 Å². The van der Waals surface area contributed by atoms with Gasteiger partial charge in [-0.1, -0.05) is 12.1 Å². The number of fused-ring (bicyclic) bond motifs is 1. The summed E-state index contributed by atoms with van der Waals surface area (Å²) in [6, 6.07) is 12.5. The van der Waals surface area contributed by atoms with Crippen LogP contribution >= 0.6 is 0 Å². The van der Waals surface area contributed by atoms with Crippen LogP contribution in [0.1, 0.15) is 40.9 Å². The molecule has 0 spiro atoms. The van der Waals surface area contributed by atoms with E-state index in [2.05, 4.69) is 25.7 Å². The van der Waals surface area contributed by atoms with E-state index in [1.165, 1.54) is 6.92 Å². The molecule has 1 amide bonds. The normalized spacial score (nSPS) is 11.0. The minimum absolute atomic E-state index is 0.0504. The largest absolute Gasteiger partial charge is 0.326 e.